The van der Waals surface area contributed by atoms with Gasteiger partial charge >= 0.3 is 0 Å². The number of aliphatic hydroxyl groups is 1. The highest BCUT2D eigenvalue weighted by Crippen LogP contribution is 2.57. The number of carbonyl (C=O) groups excluding carboxylic acids is 1. The van der Waals surface area contributed by atoms with Gasteiger partial charge in [0, 0.05) is 5.92 Å². The fraction of sp³-hybridized carbons (Fsp3) is 0.929. The number of aliphatic hydroxyl groups excluding tert-OH is 1. The van der Waals surface area contributed by atoms with E-state index in [1.165, 1.54) is 25.7 Å². The van der Waals surface area contributed by atoms with Crippen LogP contribution in [0.2, 0.25) is 0 Å². The predicted octanol–water partition coefficient (Wildman–Crippen LogP) is 1.84. The van der Waals surface area contributed by atoms with E-state index < -0.39 is 0 Å². The minimum Gasteiger partial charge on any atom is -0.391 e. The Morgan fingerprint density at radius 1 is 0.941 bits per heavy atom. The summed E-state index contributed by atoms with van der Waals surface area (Å²) in [6, 6.07) is 0.0197. The van der Waals surface area contributed by atoms with Crippen molar-refractivity contribution in [3.8, 4) is 0 Å². The Morgan fingerprint density at radius 2 is 1.65 bits per heavy atom. The Kier molecular flexibility index (Phi) is 3.12. The molecule has 17 heavy (non-hydrogen) atoms. The van der Waals surface area contributed by atoms with Crippen molar-refractivity contribution in [2.75, 3.05) is 0 Å². The molecule has 96 valence electrons. The molecule has 0 spiro atoms. The molecule has 4 atom stereocenters. The van der Waals surface area contributed by atoms with Gasteiger partial charge in [-0.15, -0.1) is 0 Å². The van der Waals surface area contributed by atoms with Crippen molar-refractivity contribution in [2.45, 2.75) is 63.5 Å². The van der Waals surface area contributed by atoms with Crippen LogP contribution < -0.4 is 5.32 Å². The van der Waals surface area contributed by atoms with Crippen LogP contribution in [0.25, 0.3) is 0 Å². The summed E-state index contributed by atoms with van der Waals surface area (Å²) in [6.45, 7) is 0. The molecule has 0 radical (unpaired) electrons. The van der Waals surface area contributed by atoms with Gasteiger partial charge in [0.25, 0.3) is 0 Å². The van der Waals surface area contributed by atoms with Gasteiger partial charge in [0.1, 0.15) is 0 Å². The van der Waals surface area contributed by atoms with Gasteiger partial charge in [0.15, 0.2) is 0 Å². The highest BCUT2D eigenvalue weighted by atomic mass is 16.3. The van der Waals surface area contributed by atoms with E-state index in [0.29, 0.717) is 17.8 Å². The van der Waals surface area contributed by atoms with E-state index in [-0.39, 0.29) is 18.1 Å². The lowest BCUT2D eigenvalue weighted by Gasteiger charge is -2.22. The third-order valence-corrected chi connectivity index (χ3v) is 5.02. The van der Waals surface area contributed by atoms with Crippen LogP contribution in [0.5, 0.6) is 0 Å². The number of amides is 1. The molecule has 0 aliphatic heterocycles. The highest BCUT2D eigenvalue weighted by molar-refractivity contribution is 5.82. The quantitative estimate of drug-likeness (QED) is 0.720. The third-order valence-electron chi connectivity index (χ3n) is 5.02. The average Bonchev–Trinajstić information content (AvgIpc) is 2.89. The van der Waals surface area contributed by atoms with E-state index in [1.54, 1.807) is 0 Å². The van der Waals surface area contributed by atoms with Crippen LogP contribution >= 0.6 is 0 Å². The SMILES string of the molecule is O=C(NC1CCCCCC1O)C1C2CCCC21. The Hall–Kier alpha value is -0.570. The van der Waals surface area contributed by atoms with Crippen molar-refractivity contribution in [3.05, 3.63) is 0 Å². The summed E-state index contributed by atoms with van der Waals surface area (Å²) in [4.78, 5) is 12.1. The smallest absolute Gasteiger partial charge is 0.223 e. The molecular weight excluding hydrogens is 214 g/mol. The molecule has 3 heteroatoms. The molecule has 0 heterocycles. The summed E-state index contributed by atoms with van der Waals surface area (Å²) in [6.07, 6.45) is 8.72. The Bertz CT molecular complexity index is 295. The van der Waals surface area contributed by atoms with E-state index >= 15 is 0 Å². The zero-order valence-electron chi connectivity index (χ0n) is 10.4. The predicted molar refractivity (Wildman–Crippen MR) is 65.3 cm³/mol. The molecule has 3 aliphatic rings. The third kappa shape index (κ3) is 2.22. The fourth-order valence-electron chi connectivity index (χ4n) is 3.95. The number of hydrogen-bond donors (Lipinski definition) is 2. The van der Waals surface area contributed by atoms with E-state index in [2.05, 4.69) is 5.32 Å². The van der Waals surface area contributed by atoms with E-state index in [0.717, 1.165) is 25.7 Å². The number of hydrogen-bond acceptors (Lipinski definition) is 2. The van der Waals surface area contributed by atoms with Crippen LogP contribution in [0, 0.1) is 17.8 Å². The largest absolute Gasteiger partial charge is 0.391 e. The first-order valence-electron chi connectivity index (χ1n) is 7.26. The standard InChI is InChI=1S/C14H23NO2/c16-12-8-3-1-2-7-11(12)15-14(17)13-9-5-4-6-10(9)13/h9-13,16H,1-8H2,(H,15,17). The molecule has 0 aromatic rings. The van der Waals surface area contributed by atoms with Crippen LogP contribution in [0.3, 0.4) is 0 Å². The maximum absolute atomic E-state index is 12.1. The molecule has 0 aromatic carbocycles. The van der Waals surface area contributed by atoms with Crippen molar-refractivity contribution in [1.82, 2.24) is 5.32 Å². The second-order valence-electron chi connectivity index (χ2n) is 6.10. The lowest BCUT2D eigenvalue weighted by Crippen LogP contribution is -2.43. The van der Waals surface area contributed by atoms with Gasteiger partial charge in [0.05, 0.1) is 12.1 Å². The molecule has 0 bridgehead atoms. The molecule has 3 nitrogen and oxygen atoms in total. The first-order valence-corrected chi connectivity index (χ1v) is 7.26. The van der Waals surface area contributed by atoms with Crippen LogP contribution in [-0.4, -0.2) is 23.2 Å². The molecule has 3 rings (SSSR count). The first-order chi connectivity index (χ1) is 8.27. The normalized spacial score (nSPS) is 44.9. The lowest BCUT2D eigenvalue weighted by atomic mass is 10.0. The topological polar surface area (TPSA) is 49.3 Å². The Morgan fingerprint density at radius 3 is 2.41 bits per heavy atom. The van der Waals surface area contributed by atoms with Crippen molar-refractivity contribution >= 4 is 5.91 Å². The fourth-order valence-corrected chi connectivity index (χ4v) is 3.95. The summed E-state index contributed by atoms with van der Waals surface area (Å²) in [5.41, 5.74) is 0. The molecule has 3 aliphatic carbocycles. The van der Waals surface area contributed by atoms with E-state index in [1.807, 2.05) is 0 Å². The number of nitrogens with one attached hydrogen (secondary N) is 1. The summed E-state index contributed by atoms with van der Waals surface area (Å²) >= 11 is 0. The molecule has 1 amide bonds. The first kappa shape index (κ1) is 11.5. The van der Waals surface area contributed by atoms with Crippen molar-refractivity contribution in [3.63, 3.8) is 0 Å². The van der Waals surface area contributed by atoms with Crippen LogP contribution in [0.4, 0.5) is 0 Å². The molecule has 2 N–H and O–H groups in total. The van der Waals surface area contributed by atoms with Crippen molar-refractivity contribution < 1.29 is 9.90 Å². The summed E-state index contributed by atoms with van der Waals surface area (Å²) < 4.78 is 0. The summed E-state index contributed by atoms with van der Waals surface area (Å²) in [5, 5.41) is 13.1. The van der Waals surface area contributed by atoms with Gasteiger partial charge in [-0.1, -0.05) is 25.7 Å². The Balaban J connectivity index is 1.53. The van der Waals surface area contributed by atoms with Gasteiger partial charge in [-0.3, -0.25) is 4.79 Å². The van der Waals surface area contributed by atoms with Gasteiger partial charge < -0.3 is 10.4 Å². The van der Waals surface area contributed by atoms with Crippen molar-refractivity contribution in [1.29, 1.82) is 0 Å². The molecular formula is C14H23NO2. The van der Waals surface area contributed by atoms with Crippen LogP contribution in [0.1, 0.15) is 51.4 Å². The van der Waals surface area contributed by atoms with E-state index in [9.17, 15) is 9.90 Å². The second-order valence-corrected chi connectivity index (χ2v) is 6.10. The van der Waals surface area contributed by atoms with E-state index in [4.69, 9.17) is 0 Å². The lowest BCUT2D eigenvalue weighted by molar-refractivity contribution is -0.124. The molecule has 0 aromatic heterocycles. The minimum absolute atomic E-state index is 0.0197. The highest BCUT2D eigenvalue weighted by Gasteiger charge is 2.56. The maximum atomic E-state index is 12.1. The summed E-state index contributed by atoms with van der Waals surface area (Å²) in [5.74, 6) is 1.88. The number of rotatable bonds is 2. The average molecular weight is 237 g/mol. The monoisotopic (exact) mass is 237 g/mol. The van der Waals surface area contributed by atoms with Crippen LogP contribution in [-0.2, 0) is 4.79 Å². The molecule has 3 saturated carbocycles. The Labute approximate surface area is 103 Å². The maximum Gasteiger partial charge on any atom is 0.223 e. The van der Waals surface area contributed by atoms with Gasteiger partial charge in [-0.25, -0.2) is 0 Å². The number of fused-ring (bicyclic) bond motifs is 1. The minimum atomic E-state index is -0.319. The van der Waals surface area contributed by atoms with Gasteiger partial charge in [0.2, 0.25) is 5.91 Å². The number of carbonyl (C=O) groups is 1. The van der Waals surface area contributed by atoms with Crippen molar-refractivity contribution in [2.24, 2.45) is 17.8 Å². The van der Waals surface area contributed by atoms with Crippen LogP contribution in [0.15, 0.2) is 0 Å². The zero-order chi connectivity index (χ0) is 11.8. The molecule has 3 fully saturated rings. The molecule has 4 unspecified atom stereocenters. The summed E-state index contributed by atoms with van der Waals surface area (Å²) in [7, 11) is 0. The van der Waals surface area contributed by atoms with Gasteiger partial charge in [-0.2, -0.15) is 0 Å². The zero-order valence-corrected chi connectivity index (χ0v) is 10.4. The molecule has 0 saturated heterocycles. The second kappa shape index (κ2) is 4.60. The van der Waals surface area contributed by atoms with Gasteiger partial charge in [-0.05, 0) is 37.5 Å².